The monoisotopic (exact) mass is 1600 g/mol. The van der Waals surface area contributed by atoms with Crippen LogP contribution in [-0.4, -0.2) is 250 Å². The number of halogens is 1. The number of hydrogen-bond donors (Lipinski definition) is 9. The second-order valence-electron chi connectivity index (χ2n) is 26.7. The van der Waals surface area contributed by atoms with Gasteiger partial charge in [0.1, 0.15) is 37.3 Å². The van der Waals surface area contributed by atoms with Crippen LogP contribution in [0.5, 0.6) is 0 Å². The highest BCUT2D eigenvalue weighted by Gasteiger charge is 2.50. The number of benzene rings is 2. The van der Waals surface area contributed by atoms with E-state index in [-0.39, 0.29) is 119 Å². The summed E-state index contributed by atoms with van der Waals surface area (Å²) in [5, 5.41) is 32.4. The van der Waals surface area contributed by atoms with Gasteiger partial charge in [-0.2, -0.15) is 0 Å². The van der Waals surface area contributed by atoms with Crippen LogP contribution in [0, 0.1) is 30.5 Å². The number of cyclic esters (lactones) is 1. The van der Waals surface area contributed by atoms with Gasteiger partial charge in [-0.05, 0) is 67.9 Å². The van der Waals surface area contributed by atoms with E-state index in [0.717, 1.165) is 19.1 Å². The Kier molecular flexibility index (Phi) is 35.9. The van der Waals surface area contributed by atoms with Crippen LogP contribution in [-0.2, 0) is 132 Å². The number of rotatable bonds is 51. The summed E-state index contributed by atoms with van der Waals surface area (Å²) in [6, 6.07) is 10.6. The standard InChI is InChI=1S/C76H99FN12O23S/c1-49-35-54-55(56-46-89-63(69(56)88-61(54)38-59(49)77)37-58-57(73(89)98)47-111-74(99)76(58,100)39-52-15-16-52)42-81-70(95)50(2)112-48-85-67(93)44-82-72(97)62(36-51-11-7-5-8-12-51)87-68(94)45-80-66(92)43-79-64(90)18-17-60(86-65(91)14-10-6-9-13-53-40-83-75(84-41-53)113(4,101)102)71(96)78-19-20-104-23-24-106-27-28-108-31-32-110-34-33-109-30-29-107-26-25-105-22-21-103-3/h5,7-8,11-12,35,37-38,40-41,50,52,60,62,100H,6,10,14-34,36,39,42-48H2,1-4H3,(H,78,96)(H,79,90)(H,80,92)(H,81,95)(H,82,97)(H,85,93)(H,86,91)(H,87,94)/t50-,60+,62+,76+/m1/s1. The van der Waals surface area contributed by atoms with E-state index >= 15 is 4.39 Å². The number of ether oxygens (including phenoxy) is 10. The molecule has 9 N–H and O–H groups in total. The van der Waals surface area contributed by atoms with E-state index in [1.54, 1.807) is 56.5 Å². The Balaban J connectivity index is 0.734. The molecule has 0 saturated heterocycles. The zero-order valence-electron chi connectivity index (χ0n) is 63.7. The maximum Gasteiger partial charge on any atom is 0.343 e. The van der Waals surface area contributed by atoms with Gasteiger partial charge in [-0.25, -0.2) is 32.6 Å². The van der Waals surface area contributed by atoms with Crippen molar-refractivity contribution in [3.05, 3.63) is 116 Å². The molecule has 37 heteroatoms. The van der Waals surface area contributed by atoms with E-state index in [1.807, 2.05) is 0 Å². The normalized spacial score (nSPS) is 14.9. The molecule has 1 fully saturated rings. The SMILES string of the molecule is COCCOCCOCCOCCOCCOCCOCCOCCNC(=O)[C@H](CCC(=O)NCC(=O)NCC(=O)N[C@@H](Cc1ccccc1)C(=O)NCC(=O)NCO[C@H](C)C(=O)NCc1c2c(nc3cc(F)c(C)cc13)-c1cc3c(c(=O)n1C2)COC(=O)[C@]3(O)CC1CC1)NC(=O)CCCC#Cc1cnc(S(C)(=O)=O)nc1. The summed E-state index contributed by atoms with van der Waals surface area (Å²) in [6.07, 6.45) is 3.96. The molecule has 0 bridgehead atoms. The van der Waals surface area contributed by atoms with Crippen molar-refractivity contribution in [1.29, 1.82) is 0 Å². The first kappa shape index (κ1) is 88.7. The van der Waals surface area contributed by atoms with Crippen molar-refractivity contribution in [2.24, 2.45) is 5.92 Å². The van der Waals surface area contributed by atoms with E-state index in [2.05, 4.69) is 64.3 Å². The lowest BCUT2D eigenvalue weighted by Gasteiger charge is -2.32. The highest BCUT2D eigenvalue weighted by molar-refractivity contribution is 7.90. The Hall–Kier alpha value is -9.85. The number of unbranched alkanes of at least 4 members (excludes halogenated alkanes) is 1. The number of pyridine rings is 2. The predicted molar refractivity (Wildman–Crippen MR) is 400 cm³/mol. The molecule has 2 aliphatic heterocycles. The van der Waals surface area contributed by atoms with Crippen LogP contribution in [0.4, 0.5) is 4.39 Å². The number of aliphatic hydroxyl groups is 1. The van der Waals surface area contributed by atoms with Crippen LogP contribution < -0.4 is 48.1 Å². The number of nitrogens with one attached hydrogen (secondary N) is 8. The molecule has 1 aliphatic carbocycles. The first-order valence-corrected chi connectivity index (χ1v) is 39.0. The van der Waals surface area contributed by atoms with Gasteiger partial charge in [0.2, 0.25) is 62.3 Å². The Bertz CT molecular complexity index is 4330. The van der Waals surface area contributed by atoms with Crippen LogP contribution in [0.25, 0.3) is 22.3 Å². The summed E-state index contributed by atoms with van der Waals surface area (Å²) >= 11 is 0. The second kappa shape index (κ2) is 45.7. The molecule has 113 heavy (non-hydrogen) atoms. The average molecular weight is 1600 g/mol. The third-order valence-corrected chi connectivity index (χ3v) is 18.8. The second-order valence-corrected chi connectivity index (χ2v) is 28.6. The van der Waals surface area contributed by atoms with Crippen molar-refractivity contribution < 1.29 is 108 Å². The lowest BCUT2D eigenvalue weighted by molar-refractivity contribution is -0.173. The molecule has 3 aliphatic rings. The van der Waals surface area contributed by atoms with Crippen molar-refractivity contribution in [3.8, 4) is 23.2 Å². The quantitative estimate of drug-likeness (QED) is 0.00774. The molecule has 0 unspecified atom stereocenters. The number of amides is 8. The fourth-order valence-electron chi connectivity index (χ4n) is 11.7. The highest BCUT2D eigenvalue weighted by Crippen LogP contribution is 2.46. The fourth-order valence-corrected chi connectivity index (χ4v) is 12.2. The van der Waals surface area contributed by atoms with Gasteiger partial charge in [-0.1, -0.05) is 55.0 Å². The van der Waals surface area contributed by atoms with Crippen molar-refractivity contribution in [2.45, 2.75) is 120 Å². The maximum atomic E-state index is 15.2. The first-order valence-electron chi connectivity index (χ1n) is 37.1. The molecule has 1 saturated carbocycles. The smallest absolute Gasteiger partial charge is 0.343 e. The van der Waals surface area contributed by atoms with Crippen LogP contribution in [0.3, 0.4) is 0 Å². The maximum absolute atomic E-state index is 15.2. The molecule has 0 spiro atoms. The number of hydrogen-bond acceptors (Lipinski definition) is 26. The molecule has 2 aromatic carbocycles. The molecule has 8 amide bonds. The summed E-state index contributed by atoms with van der Waals surface area (Å²) in [5.41, 5.74) is 0.982. The molecule has 3 aromatic heterocycles. The first-order chi connectivity index (χ1) is 54.4. The molecule has 4 atom stereocenters. The van der Waals surface area contributed by atoms with Gasteiger partial charge in [0.25, 0.3) is 5.56 Å². The number of aromatic nitrogens is 4. The molecule has 614 valence electrons. The van der Waals surface area contributed by atoms with E-state index in [4.69, 9.17) is 52.4 Å². The van der Waals surface area contributed by atoms with Gasteiger partial charge in [-0.3, -0.25) is 43.2 Å². The van der Waals surface area contributed by atoms with E-state index in [1.165, 1.54) is 30.0 Å². The predicted octanol–water partition coefficient (Wildman–Crippen LogP) is -0.352. The van der Waals surface area contributed by atoms with Crippen molar-refractivity contribution in [3.63, 3.8) is 0 Å². The average Bonchev–Trinajstić information content (AvgIpc) is 1.59. The number of sulfone groups is 1. The van der Waals surface area contributed by atoms with E-state index < -0.39 is 125 Å². The lowest BCUT2D eigenvalue weighted by Crippen LogP contribution is -2.52. The van der Waals surface area contributed by atoms with Crippen molar-refractivity contribution >= 4 is 74.0 Å². The minimum Gasteiger partial charge on any atom is -0.458 e. The summed E-state index contributed by atoms with van der Waals surface area (Å²) in [4.78, 5) is 146. The van der Waals surface area contributed by atoms with Crippen LogP contribution in [0.15, 0.2) is 70.9 Å². The molecular formula is C76H99FN12O23S. The highest BCUT2D eigenvalue weighted by atomic mass is 32.2. The van der Waals surface area contributed by atoms with Gasteiger partial charge in [0.15, 0.2) is 5.60 Å². The summed E-state index contributed by atoms with van der Waals surface area (Å²) in [5.74, 6) is -1.16. The summed E-state index contributed by atoms with van der Waals surface area (Å²) in [7, 11) is -2.00. The molecular weight excluding hydrogens is 1500 g/mol. The third-order valence-electron chi connectivity index (χ3n) is 17.9. The summed E-state index contributed by atoms with van der Waals surface area (Å²) < 4.78 is 94.3. The number of nitrogens with zero attached hydrogens (tertiary/aromatic N) is 4. The van der Waals surface area contributed by atoms with Gasteiger partial charge in [-0.15, -0.1) is 0 Å². The lowest BCUT2D eigenvalue weighted by atomic mass is 9.84. The molecule has 5 aromatic rings. The fraction of sp³-hybridized carbons (Fsp3) is 0.539. The number of aryl methyl sites for hydroxylation is 1. The molecule has 35 nitrogen and oxygen atoms in total. The third kappa shape index (κ3) is 28.9. The largest absolute Gasteiger partial charge is 0.458 e. The number of fused-ring (bicyclic) bond motifs is 5. The van der Waals surface area contributed by atoms with E-state index in [0.29, 0.717) is 124 Å². The summed E-state index contributed by atoms with van der Waals surface area (Å²) in [6.45, 7) is 5.91. The minimum atomic E-state index is -3.61. The van der Waals surface area contributed by atoms with Crippen LogP contribution in [0.1, 0.15) is 97.2 Å². The number of carbonyl (C=O) groups is 9. The van der Waals surface area contributed by atoms with E-state index in [9.17, 15) is 61.5 Å². The van der Waals surface area contributed by atoms with Crippen LogP contribution in [0.2, 0.25) is 0 Å². The van der Waals surface area contributed by atoms with Gasteiger partial charge in [0, 0.05) is 87.1 Å². The number of methoxy groups -OCH3 is 1. The van der Waals surface area contributed by atoms with Crippen LogP contribution >= 0.6 is 0 Å². The molecule has 0 radical (unpaired) electrons. The number of carbonyl (C=O) groups excluding carboxylic acids is 9. The number of esters is 1. The van der Waals surface area contributed by atoms with Crippen molar-refractivity contribution in [1.82, 2.24) is 62.1 Å². The van der Waals surface area contributed by atoms with Gasteiger partial charge in [0.05, 0.1) is 153 Å². The zero-order chi connectivity index (χ0) is 81.1. The molecule has 8 rings (SSSR count). The Morgan fingerprint density at radius 3 is 1.90 bits per heavy atom. The Morgan fingerprint density at radius 1 is 0.690 bits per heavy atom. The Morgan fingerprint density at radius 2 is 1.27 bits per heavy atom. The van der Waals surface area contributed by atoms with Gasteiger partial charge < -0.3 is 99.6 Å². The van der Waals surface area contributed by atoms with Gasteiger partial charge >= 0.3 is 5.97 Å². The Labute approximate surface area is 652 Å². The topological polar surface area (TPSA) is 457 Å². The van der Waals surface area contributed by atoms with Crippen molar-refractivity contribution in [2.75, 3.05) is 145 Å². The molecule has 5 heterocycles. The minimum absolute atomic E-state index is 0.00702. The zero-order valence-corrected chi connectivity index (χ0v) is 64.5.